The summed E-state index contributed by atoms with van der Waals surface area (Å²) in [6, 6.07) is 12.1. The third kappa shape index (κ3) is 2.45. The van der Waals surface area contributed by atoms with Gasteiger partial charge in [-0.1, -0.05) is 30.3 Å². The van der Waals surface area contributed by atoms with E-state index in [-0.39, 0.29) is 0 Å². The fourth-order valence-corrected chi connectivity index (χ4v) is 1.69. The lowest BCUT2D eigenvalue weighted by Crippen LogP contribution is -1.96. The minimum absolute atomic E-state index is 0.560. The van der Waals surface area contributed by atoms with Crippen molar-refractivity contribution in [2.24, 2.45) is 5.73 Å². The van der Waals surface area contributed by atoms with Crippen molar-refractivity contribution in [1.29, 1.82) is 0 Å². The van der Waals surface area contributed by atoms with Crippen LogP contribution in [-0.4, -0.2) is 12.1 Å². The molecule has 3 heteroatoms. The number of aryl methyl sites for hydroxylation is 1. The van der Waals surface area contributed by atoms with Crippen LogP contribution in [0.4, 0.5) is 0 Å². The van der Waals surface area contributed by atoms with E-state index in [1.54, 1.807) is 7.11 Å². The summed E-state index contributed by atoms with van der Waals surface area (Å²) in [6.45, 7) is 2.54. The minimum Gasteiger partial charge on any atom is -0.481 e. The molecular formula is C14H16N2O. The summed E-state index contributed by atoms with van der Waals surface area (Å²) >= 11 is 0. The van der Waals surface area contributed by atoms with Crippen LogP contribution in [0.5, 0.6) is 5.88 Å². The van der Waals surface area contributed by atoms with Gasteiger partial charge in [-0.05, 0) is 18.6 Å². The third-order valence-corrected chi connectivity index (χ3v) is 2.73. The highest BCUT2D eigenvalue weighted by Gasteiger charge is 2.04. The van der Waals surface area contributed by atoms with Gasteiger partial charge in [0.1, 0.15) is 0 Å². The zero-order valence-corrected chi connectivity index (χ0v) is 10.1. The molecule has 0 atom stereocenters. The van der Waals surface area contributed by atoms with Gasteiger partial charge in [-0.2, -0.15) is 0 Å². The van der Waals surface area contributed by atoms with Crippen LogP contribution in [0.3, 0.4) is 0 Å². The fourth-order valence-electron chi connectivity index (χ4n) is 1.69. The molecule has 0 aliphatic rings. The Morgan fingerprint density at radius 3 is 2.41 bits per heavy atom. The highest BCUT2D eigenvalue weighted by molar-refractivity contribution is 5.60. The number of rotatable bonds is 3. The first-order valence-electron chi connectivity index (χ1n) is 5.55. The first-order valence-corrected chi connectivity index (χ1v) is 5.55. The molecule has 3 nitrogen and oxygen atoms in total. The molecule has 2 rings (SSSR count). The van der Waals surface area contributed by atoms with E-state index in [0.717, 1.165) is 22.4 Å². The largest absolute Gasteiger partial charge is 0.481 e. The van der Waals surface area contributed by atoms with Gasteiger partial charge in [0.15, 0.2) is 0 Å². The Kier molecular flexibility index (Phi) is 3.40. The molecule has 0 saturated carbocycles. The van der Waals surface area contributed by atoms with Gasteiger partial charge < -0.3 is 10.5 Å². The van der Waals surface area contributed by atoms with Crippen molar-refractivity contribution in [3.8, 4) is 17.1 Å². The molecule has 1 aromatic heterocycles. The molecule has 0 aliphatic carbocycles. The molecule has 2 N–H and O–H groups in total. The van der Waals surface area contributed by atoms with Gasteiger partial charge in [-0.25, -0.2) is 4.98 Å². The Hall–Kier alpha value is -1.87. The van der Waals surface area contributed by atoms with Crippen LogP contribution in [0.25, 0.3) is 11.3 Å². The highest BCUT2D eigenvalue weighted by atomic mass is 16.5. The van der Waals surface area contributed by atoms with Crippen LogP contribution in [0.15, 0.2) is 36.4 Å². The molecule has 0 saturated heterocycles. The molecule has 0 aliphatic heterocycles. The maximum absolute atomic E-state index is 5.57. The summed E-state index contributed by atoms with van der Waals surface area (Å²) in [7, 11) is 1.64. The van der Waals surface area contributed by atoms with Gasteiger partial charge in [-0.3, -0.25) is 0 Å². The molecule has 0 radical (unpaired) electrons. The van der Waals surface area contributed by atoms with Gasteiger partial charge in [0.2, 0.25) is 5.88 Å². The summed E-state index contributed by atoms with van der Waals surface area (Å²) in [4.78, 5) is 4.46. The lowest BCUT2D eigenvalue weighted by Gasteiger charge is -2.07. The number of nitrogens with two attached hydrogens (primary N) is 1. The van der Waals surface area contributed by atoms with Gasteiger partial charge in [-0.15, -0.1) is 0 Å². The second kappa shape index (κ2) is 4.97. The van der Waals surface area contributed by atoms with Crippen LogP contribution in [-0.2, 0) is 6.54 Å². The van der Waals surface area contributed by atoms with E-state index in [9.17, 15) is 0 Å². The summed E-state index contributed by atoms with van der Waals surface area (Å²) in [5.41, 5.74) is 9.71. The number of benzene rings is 1. The number of nitrogens with zero attached hydrogens (tertiary/aromatic N) is 1. The average molecular weight is 228 g/mol. The van der Waals surface area contributed by atoms with Crippen LogP contribution >= 0.6 is 0 Å². The van der Waals surface area contributed by atoms with Crippen molar-refractivity contribution >= 4 is 0 Å². The Balaban J connectivity index is 2.38. The summed E-state index contributed by atoms with van der Waals surface area (Å²) in [5, 5.41) is 0. The monoisotopic (exact) mass is 228 g/mol. The van der Waals surface area contributed by atoms with E-state index >= 15 is 0 Å². The summed E-state index contributed by atoms with van der Waals surface area (Å²) in [6.07, 6.45) is 0. The van der Waals surface area contributed by atoms with Crippen molar-refractivity contribution < 1.29 is 4.74 Å². The van der Waals surface area contributed by atoms with Crippen molar-refractivity contribution in [3.05, 3.63) is 47.5 Å². The molecule has 0 fully saturated rings. The second-order valence-electron chi connectivity index (χ2n) is 3.92. The average Bonchev–Trinajstić information content (AvgIpc) is 2.39. The normalized spacial score (nSPS) is 10.3. The van der Waals surface area contributed by atoms with E-state index in [4.69, 9.17) is 10.5 Å². The summed E-state index contributed by atoms with van der Waals surface area (Å²) in [5.74, 6) is 0.672. The number of pyridine rings is 1. The second-order valence-corrected chi connectivity index (χ2v) is 3.92. The third-order valence-electron chi connectivity index (χ3n) is 2.73. The molecule has 88 valence electrons. The quantitative estimate of drug-likeness (QED) is 0.878. The van der Waals surface area contributed by atoms with Gasteiger partial charge in [0, 0.05) is 17.7 Å². The SMILES string of the molecule is COc1nc(-c2ccc(CN)cc2)ccc1C. The number of methoxy groups -OCH3 is 1. The van der Waals surface area contributed by atoms with Crippen LogP contribution in [0.2, 0.25) is 0 Å². The van der Waals surface area contributed by atoms with E-state index in [1.165, 1.54) is 0 Å². The molecule has 0 unspecified atom stereocenters. The van der Waals surface area contributed by atoms with Gasteiger partial charge in [0.25, 0.3) is 0 Å². The van der Waals surface area contributed by atoms with E-state index in [1.807, 2.05) is 43.3 Å². The lowest BCUT2D eigenvalue weighted by molar-refractivity contribution is 0.395. The van der Waals surface area contributed by atoms with E-state index < -0.39 is 0 Å². The predicted octanol–water partition coefficient (Wildman–Crippen LogP) is 2.52. The Bertz CT molecular complexity index is 506. The smallest absolute Gasteiger partial charge is 0.216 e. The predicted molar refractivity (Wildman–Crippen MR) is 68.9 cm³/mol. The molecule has 2 aromatic rings. The van der Waals surface area contributed by atoms with Crippen molar-refractivity contribution in [2.45, 2.75) is 13.5 Å². The maximum atomic E-state index is 5.57. The first-order chi connectivity index (χ1) is 8.24. The molecule has 17 heavy (non-hydrogen) atoms. The molecule has 0 spiro atoms. The topological polar surface area (TPSA) is 48.1 Å². The number of aromatic nitrogens is 1. The highest BCUT2D eigenvalue weighted by Crippen LogP contribution is 2.22. The zero-order valence-electron chi connectivity index (χ0n) is 10.1. The molecule has 1 aromatic carbocycles. The van der Waals surface area contributed by atoms with E-state index in [2.05, 4.69) is 4.98 Å². The van der Waals surface area contributed by atoms with Crippen LogP contribution in [0.1, 0.15) is 11.1 Å². The van der Waals surface area contributed by atoms with Gasteiger partial charge >= 0.3 is 0 Å². The summed E-state index contributed by atoms with van der Waals surface area (Å²) < 4.78 is 5.22. The fraction of sp³-hybridized carbons (Fsp3) is 0.214. The standard InChI is InChI=1S/C14H16N2O/c1-10-3-8-13(16-14(10)17-2)12-6-4-11(9-15)5-7-12/h3-8H,9,15H2,1-2H3. The van der Waals surface area contributed by atoms with Crippen molar-refractivity contribution in [3.63, 3.8) is 0 Å². The first kappa shape index (κ1) is 11.6. The van der Waals surface area contributed by atoms with Crippen LogP contribution in [0, 0.1) is 6.92 Å². The van der Waals surface area contributed by atoms with Gasteiger partial charge in [0.05, 0.1) is 12.8 Å². The number of ether oxygens (including phenoxy) is 1. The van der Waals surface area contributed by atoms with E-state index in [0.29, 0.717) is 12.4 Å². The number of hydrogen-bond donors (Lipinski definition) is 1. The Labute approximate surface area is 101 Å². The molecule has 0 bridgehead atoms. The minimum atomic E-state index is 0.560. The lowest BCUT2D eigenvalue weighted by atomic mass is 10.1. The molecule has 0 amide bonds. The maximum Gasteiger partial charge on any atom is 0.216 e. The molecular weight excluding hydrogens is 212 g/mol. The Morgan fingerprint density at radius 1 is 1.12 bits per heavy atom. The zero-order chi connectivity index (χ0) is 12.3. The van der Waals surface area contributed by atoms with Crippen LogP contribution < -0.4 is 10.5 Å². The number of hydrogen-bond acceptors (Lipinski definition) is 3. The van der Waals surface area contributed by atoms with Crippen molar-refractivity contribution in [1.82, 2.24) is 4.98 Å². The Morgan fingerprint density at radius 2 is 1.82 bits per heavy atom. The van der Waals surface area contributed by atoms with Crippen molar-refractivity contribution in [2.75, 3.05) is 7.11 Å². The molecule has 1 heterocycles.